The summed E-state index contributed by atoms with van der Waals surface area (Å²) in [7, 11) is 0. The number of nitrogens with zero attached hydrogens (tertiary/aromatic N) is 2. The number of fused-ring (bicyclic) bond motifs is 1. The number of hydrogen-bond acceptors (Lipinski definition) is 3. The molecule has 0 aliphatic heterocycles. The van der Waals surface area contributed by atoms with Crippen molar-refractivity contribution in [1.82, 2.24) is 20.1 Å². The maximum absolute atomic E-state index is 13.7. The molecule has 0 saturated carbocycles. The molecule has 28 heavy (non-hydrogen) atoms. The van der Waals surface area contributed by atoms with E-state index >= 15 is 0 Å². The summed E-state index contributed by atoms with van der Waals surface area (Å²) in [5.74, 6) is -0.580. The number of H-pyrrole nitrogens is 1. The first-order valence-electron chi connectivity index (χ1n) is 9.15. The summed E-state index contributed by atoms with van der Waals surface area (Å²) < 4.78 is 15.4. The first-order valence-corrected chi connectivity index (χ1v) is 9.15. The van der Waals surface area contributed by atoms with E-state index in [4.69, 9.17) is 0 Å². The number of aromatic nitrogens is 3. The fourth-order valence-electron chi connectivity index (χ4n) is 3.80. The minimum atomic E-state index is -0.320. The first kappa shape index (κ1) is 18.2. The van der Waals surface area contributed by atoms with Gasteiger partial charge in [0.2, 0.25) is 5.56 Å². The molecule has 0 saturated heterocycles. The second-order valence-corrected chi connectivity index (χ2v) is 7.95. The second kappa shape index (κ2) is 6.74. The van der Waals surface area contributed by atoms with E-state index in [1.165, 1.54) is 30.5 Å². The Labute approximate surface area is 161 Å². The van der Waals surface area contributed by atoms with Crippen LogP contribution in [0.15, 0.2) is 53.6 Å². The van der Waals surface area contributed by atoms with Gasteiger partial charge in [0.05, 0.1) is 29.2 Å². The van der Waals surface area contributed by atoms with Crippen LogP contribution in [0.1, 0.15) is 47.9 Å². The molecule has 0 radical (unpaired) electrons. The van der Waals surface area contributed by atoms with Crippen LogP contribution in [-0.2, 0) is 6.42 Å². The zero-order valence-corrected chi connectivity index (χ0v) is 15.7. The fraction of sp³-hybridized carbons (Fsp3) is 0.286. The molecule has 3 aromatic rings. The van der Waals surface area contributed by atoms with Crippen LogP contribution in [0.3, 0.4) is 0 Å². The van der Waals surface area contributed by atoms with Crippen LogP contribution in [0.25, 0.3) is 5.69 Å². The number of rotatable bonds is 3. The van der Waals surface area contributed by atoms with E-state index < -0.39 is 0 Å². The number of halogens is 1. The van der Waals surface area contributed by atoms with Gasteiger partial charge < -0.3 is 10.3 Å². The molecule has 144 valence electrons. The van der Waals surface area contributed by atoms with Crippen molar-refractivity contribution in [2.24, 2.45) is 5.41 Å². The van der Waals surface area contributed by atoms with Gasteiger partial charge in [-0.2, -0.15) is 5.10 Å². The number of nitrogens with one attached hydrogen (secondary N) is 2. The molecule has 2 heterocycles. The summed E-state index contributed by atoms with van der Waals surface area (Å²) in [6, 6.07) is 8.92. The summed E-state index contributed by atoms with van der Waals surface area (Å²) in [4.78, 5) is 26.4. The lowest BCUT2D eigenvalue weighted by molar-refractivity contribution is 0.0919. The molecule has 1 aromatic carbocycles. The Hall–Kier alpha value is -3.22. The normalized spacial score (nSPS) is 17.8. The van der Waals surface area contributed by atoms with E-state index in [1.807, 2.05) is 6.07 Å². The number of amides is 1. The van der Waals surface area contributed by atoms with Gasteiger partial charge in [-0.25, -0.2) is 9.07 Å². The Morgan fingerprint density at radius 3 is 2.86 bits per heavy atom. The highest BCUT2D eigenvalue weighted by Gasteiger charge is 2.36. The van der Waals surface area contributed by atoms with E-state index in [-0.39, 0.29) is 28.7 Å². The molecule has 1 aliphatic carbocycles. The van der Waals surface area contributed by atoms with E-state index in [0.29, 0.717) is 11.3 Å². The minimum Gasteiger partial charge on any atom is -0.345 e. The maximum atomic E-state index is 13.7. The van der Waals surface area contributed by atoms with E-state index in [9.17, 15) is 14.0 Å². The highest BCUT2D eigenvalue weighted by Crippen LogP contribution is 2.41. The van der Waals surface area contributed by atoms with Crippen LogP contribution in [0.2, 0.25) is 0 Å². The number of hydrogen-bond donors (Lipinski definition) is 2. The molecule has 6 nitrogen and oxygen atoms in total. The van der Waals surface area contributed by atoms with Crippen molar-refractivity contribution in [1.29, 1.82) is 0 Å². The quantitative estimate of drug-likeness (QED) is 0.733. The molecule has 1 aliphatic rings. The lowest BCUT2D eigenvalue weighted by Gasteiger charge is -2.36. The monoisotopic (exact) mass is 380 g/mol. The molecule has 1 unspecified atom stereocenters. The van der Waals surface area contributed by atoms with Gasteiger partial charge >= 0.3 is 0 Å². The molecular weight excluding hydrogens is 359 g/mol. The van der Waals surface area contributed by atoms with Crippen LogP contribution in [0.5, 0.6) is 0 Å². The molecule has 0 spiro atoms. The Kier molecular flexibility index (Phi) is 4.37. The minimum absolute atomic E-state index is 0.0684. The second-order valence-electron chi connectivity index (χ2n) is 7.95. The van der Waals surface area contributed by atoms with E-state index in [0.717, 1.165) is 24.1 Å². The van der Waals surface area contributed by atoms with Crippen molar-refractivity contribution in [3.63, 3.8) is 0 Å². The van der Waals surface area contributed by atoms with Crippen molar-refractivity contribution in [2.45, 2.75) is 32.7 Å². The lowest BCUT2D eigenvalue weighted by atomic mass is 9.74. The molecular formula is C21H21FN4O2. The predicted molar refractivity (Wildman–Crippen MR) is 103 cm³/mol. The Morgan fingerprint density at radius 2 is 2.14 bits per heavy atom. The topological polar surface area (TPSA) is 79.8 Å². The Bertz CT molecular complexity index is 1080. The number of carbonyl (C=O) groups excluding carboxylic acids is 1. The molecule has 0 bridgehead atoms. The predicted octanol–water partition coefficient (Wildman–Crippen LogP) is 3.14. The van der Waals surface area contributed by atoms with Gasteiger partial charge in [-0.1, -0.05) is 19.9 Å². The largest absolute Gasteiger partial charge is 0.345 e. The third kappa shape index (κ3) is 3.47. The van der Waals surface area contributed by atoms with E-state index in [2.05, 4.69) is 29.2 Å². The molecule has 1 atom stereocenters. The zero-order valence-electron chi connectivity index (χ0n) is 15.7. The van der Waals surface area contributed by atoms with E-state index in [1.54, 1.807) is 16.9 Å². The number of pyridine rings is 1. The van der Waals surface area contributed by atoms with Crippen LogP contribution < -0.4 is 10.9 Å². The molecule has 4 rings (SSSR count). The average molecular weight is 380 g/mol. The van der Waals surface area contributed by atoms with Gasteiger partial charge in [-0.05, 0) is 42.5 Å². The number of benzene rings is 1. The molecule has 2 aromatic heterocycles. The number of aromatic amines is 1. The van der Waals surface area contributed by atoms with Gasteiger partial charge in [-0.3, -0.25) is 9.59 Å². The first-order chi connectivity index (χ1) is 13.3. The van der Waals surface area contributed by atoms with Crippen LogP contribution >= 0.6 is 0 Å². The standard InChI is InChI=1S/C21H21FN4O2/c1-21(2)9-17(25-20(28)13-6-7-19(27)23-11-13)16-12-24-26(18(16)10-21)15-5-3-4-14(22)8-15/h3-8,11-12,17H,9-10H2,1-2H3,(H,23,27)(H,25,28). The average Bonchev–Trinajstić information content (AvgIpc) is 3.05. The summed E-state index contributed by atoms with van der Waals surface area (Å²) in [6.45, 7) is 4.27. The van der Waals surface area contributed by atoms with Gasteiger partial charge in [0.25, 0.3) is 5.91 Å². The smallest absolute Gasteiger partial charge is 0.253 e. The SMILES string of the molecule is CC1(C)Cc2c(cnn2-c2cccc(F)c2)C(NC(=O)c2ccc(=O)[nH]c2)C1. The van der Waals surface area contributed by atoms with Gasteiger partial charge in [0.15, 0.2) is 0 Å². The lowest BCUT2D eigenvalue weighted by Crippen LogP contribution is -2.37. The Balaban J connectivity index is 1.68. The van der Waals surface area contributed by atoms with Crippen molar-refractivity contribution >= 4 is 5.91 Å². The highest BCUT2D eigenvalue weighted by molar-refractivity contribution is 5.94. The van der Waals surface area contributed by atoms with Crippen molar-refractivity contribution in [2.75, 3.05) is 0 Å². The molecule has 2 N–H and O–H groups in total. The summed E-state index contributed by atoms with van der Waals surface area (Å²) >= 11 is 0. The highest BCUT2D eigenvalue weighted by atomic mass is 19.1. The zero-order chi connectivity index (χ0) is 19.9. The van der Waals surface area contributed by atoms with Crippen LogP contribution in [-0.4, -0.2) is 20.7 Å². The third-order valence-corrected chi connectivity index (χ3v) is 5.08. The fourth-order valence-corrected chi connectivity index (χ4v) is 3.80. The third-order valence-electron chi connectivity index (χ3n) is 5.08. The Morgan fingerprint density at radius 1 is 1.32 bits per heavy atom. The number of carbonyl (C=O) groups is 1. The van der Waals surface area contributed by atoms with Gasteiger partial charge in [0.1, 0.15) is 5.82 Å². The van der Waals surface area contributed by atoms with Gasteiger partial charge in [-0.15, -0.1) is 0 Å². The van der Waals surface area contributed by atoms with Crippen molar-refractivity contribution < 1.29 is 9.18 Å². The van der Waals surface area contributed by atoms with Gasteiger partial charge in [0, 0.05) is 17.8 Å². The molecule has 1 amide bonds. The maximum Gasteiger partial charge on any atom is 0.253 e. The van der Waals surface area contributed by atoms with Crippen LogP contribution in [0, 0.1) is 11.2 Å². The summed E-state index contributed by atoms with van der Waals surface area (Å²) in [6.07, 6.45) is 4.67. The summed E-state index contributed by atoms with van der Waals surface area (Å²) in [5.41, 5.74) is 2.62. The van der Waals surface area contributed by atoms with Crippen molar-refractivity contribution in [3.8, 4) is 5.69 Å². The summed E-state index contributed by atoms with van der Waals surface area (Å²) in [5, 5.41) is 7.52. The molecule has 7 heteroatoms. The van der Waals surface area contributed by atoms with Crippen molar-refractivity contribution in [3.05, 3.63) is 81.8 Å². The van der Waals surface area contributed by atoms with Crippen LogP contribution in [0.4, 0.5) is 4.39 Å². The molecule has 0 fully saturated rings.